The SMILES string of the molecule is Cc1c(C(=O)NNC(=O)c2ccc(S(C)(=O)=O)cc2)oc2ccc(F)cc12. The van der Waals surface area contributed by atoms with Gasteiger partial charge in [0, 0.05) is 22.8 Å². The van der Waals surface area contributed by atoms with Gasteiger partial charge in [-0.25, -0.2) is 12.8 Å². The van der Waals surface area contributed by atoms with Gasteiger partial charge in [0.1, 0.15) is 11.4 Å². The maximum atomic E-state index is 13.3. The van der Waals surface area contributed by atoms with Crippen molar-refractivity contribution in [2.75, 3.05) is 6.26 Å². The number of rotatable bonds is 3. The van der Waals surface area contributed by atoms with Gasteiger partial charge in [0.05, 0.1) is 4.90 Å². The number of carbonyl (C=O) groups excluding carboxylic acids is 2. The third-order valence-corrected chi connectivity index (χ3v) is 5.07. The lowest BCUT2D eigenvalue weighted by Gasteiger charge is -2.07. The molecule has 27 heavy (non-hydrogen) atoms. The van der Waals surface area contributed by atoms with E-state index in [1.807, 2.05) is 0 Å². The maximum absolute atomic E-state index is 13.3. The predicted octanol–water partition coefficient (Wildman–Crippen LogP) is 2.36. The molecule has 0 atom stereocenters. The lowest BCUT2D eigenvalue weighted by Crippen LogP contribution is -2.41. The molecule has 0 aliphatic carbocycles. The van der Waals surface area contributed by atoms with Crippen LogP contribution in [0.1, 0.15) is 26.5 Å². The topological polar surface area (TPSA) is 105 Å². The van der Waals surface area contributed by atoms with Gasteiger partial charge in [-0.2, -0.15) is 0 Å². The molecule has 2 amide bonds. The van der Waals surface area contributed by atoms with E-state index in [1.165, 1.54) is 42.5 Å². The highest BCUT2D eigenvalue weighted by atomic mass is 32.2. The normalized spacial score (nSPS) is 11.4. The summed E-state index contributed by atoms with van der Waals surface area (Å²) >= 11 is 0. The molecule has 1 aromatic heterocycles. The fraction of sp³-hybridized carbons (Fsp3) is 0.111. The van der Waals surface area contributed by atoms with E-state index in [0.29, 0.717) is 16.5 Å². The minimum absolute atomic E-state index is 0.0525. The van der Waals surface area contributed by atoms with E-state index >= 15 is 0 Å². The minimum Gasteiger partial charge on any atom is -0.451 e. The second kappa shape index (κ2) is 6.84. The van der Waals surface area contributed by atoms with Crippen molar-refractivity contribution >= 4 is 32.6 Å². The lowest BCUT2D eigenvalue weighted by atomic mass is 10.1. The standard InChI is InChI=1S/C18H15FN2O5S/c1-10-14-9-12(19)5-8-15(14)26-16(10)18(23)21-20-17(22)11-3-6-13(7-4-11)27(2,24)25/h3-9H,1-2H3,(H,20,22)(H,21,23). The molecule has 0 saturated heterocycles. The van der Waals surface area contributed by atoms with Gasteiger partial charge in [0.15, 0.2) is 15.6 Å². The van der Waals surface area contributed by atoms with Crippen LogP contribution in [0.3, 0.4) is 0 Å². The van der Waals surface area contributed by atoms with E-state index in [-0.39, 0.29) is 16.2 Å². The Kier molecular flexibility index (Phi) is 4.71. The monoisotopic (exact) mass is 390 g/mol. The number of sulfone groups is 1. The fourth-order valence-corrected chi connectivity index (χ4v) is 3.14. The molecule has 0 aliphatic rings. The number of amides is 2. The number of aryl methyl sites for hydroxylation is 1. The molecule has 3 rings (SSSR count). The van der Waals surface area contributed by atoms with Crippen molar-refractivity contribution in [3.63, 3.8) is 0 Å². The molecule has 0 unspecified atom stereocenters. The minimum atomic E-state index is -3.37. The molecular formula is C18H15FN2O5S. The molecule has 140 valence electrons. The summed E-state index contributed by atoms with van der Waals surface area (Å²) in [6.07, 6.45) is 1.06. The Morgan fingerprint density at radius 3 is 2.26 bits per heavy atom. The Balaban J connectivity index is 1.72. The zero-order valence-electron chi connectivity index (χ0n) is 14.4. The quantitative estimate of drug-likeness (QED) is 0.668. The second-order valence-electron chi connectivity index (χ2n) is 5.90. The highest BCUT2D eigenvalue weighted by Gasteiger charge is 2.19. The summed E-state index contributed by atoms with van der Waals surface area (Å²) in [7, 11) is -3.37. The van der Waals surface area contributed by atoms with Gasteiger partial charge in [-0.1, -0.05) is 0 Å². The summed E-state index contributed by atoms with van der Waals surface area (Å²) in [5.41, 5.74) is 5.38. The Bertz CT molecular complexity index is 1150. The summed E-state index contributed by atoms with van der Waals surface area (Å²) < 4.78 is 41.6. The first-order valence-electron chi connectivity index (χ1n) is 7.76. The van der Waals surface area contributed by atoms with Crippen molar-refractivity contribution in [3.8, 4) is 0 Å². The highest BCUT2D eigenvalue weighted by molar-refractivity contribution is 7.90. The molecule has 2 aromatic carbocycles. The van der Waals surface area contributed by atoms with Crippen LogP contribution >= 0.6 is 0 Å². The molecule has 0 radical (unpaired) electrons. The Labute approximate surface area is 154 Å². The van der Waals surface area contributed by atoms with Gasteiger partial charge in [-0.05, 0) is 49.4 Å². The zero-order valence-corrected chi connectivity index (χ0v) is 15.2. The number of nitrogens with one attached hydrogen (secondary N) is 2. The number of carbonyl (C=O) groups is 2. The van der Waals surface area contributed by atoms with Crippen LogP contribution in [0.2, 0.25) is 0 Å². The molecule has 0 aliphatic heterocycles. The first kappa shape index (κ1) is 18.6. The van der Waals surface area contributed by atoms with E-state index in [9.17, 15) is 22.4 Å². The predicted molar refractivity (Wildman–Crippen MR) is 95.4 cm³/mol. The summed E-state index contributed by atoms with van der Waals surface area (Å²) in [5.74, 6) is -1.85. The molecule has 9 heteroatoms. The number of fused-ring (bicyclic) bond motifs is 1. The van der Waals surface area contributed by atoms with Crippen molar-refractivity contribution in [2.24, 2.45) is 0 Å². The van der Waals surface area contributed by atoms with Gasteiger partial charge >= 0.3 is 5.91 Å². The van der Waals surface area contributed by atoms with Crippen molar-refractivity contribution in [2.45, 2.75) is 11.8 Å². The van der Waals surface area contributed by atoms with E-state index in [1.54, 1.807) is 6.92 Å². The summed E-state index contributed by atoms with van der Waals surface area (Å²) in [6.45, 7) is 1.60. The molecule has 7 nitrogen and oxygen atoms in total. The third-order valence-electron chi connectivity index (χ3n) is 3.94. The molecule has 0 fully saturated rings. The number of hydrogen-bond acceptors (Lipinski definition) is 5. The summed E-state index contributed by atoms with van der Waals surface area (Å²) in [6, 6.07) is 9.13. The maximum Gasteiger partial charge on any atom is 0.305 e. The van der Waals surface area contributed by atoms with Crippen molar-refractivity contribution in [1.29, 1.82) is 0 Å². The highest BCUT2D eigenvalue weighted by Crippen LogP contribution is 2.25. The van der Waals surface area contributed by atoms with Crippen LogP contribution in [0, 0.1) is 12.7 Å². The van der Waals surface area contributed by atoms with Crippen molar-refractivity contribution in [1.82, 2.24) is 10.9 Å². The molecule has 0 spiro atoms. The smallest absolute Gasteiger partial charge is 0.305 e. The van der Waals surface area contributed by atoms with E-state index < -0.39 is 27.5 Å². The number of hydrogen-bond donors (Lipinski definition) is 2. The summed E-state index contributed by atoms with van der Waals surface area (Å²) in [5, 5.41) is 0.461. The second-order valence-corrected chi connectivity index (χ2v) is 7.92. The first-order chi connectivity index (χ1) is 12.7. The Morgan fingerprint density at radius 1 is 1.00 bits per heavy atom. The molecule has 0 bridgehead atoms. The number of benzene rings is 2. The van der Waals surface area contributed by atoms with Gasteiger partial charge in [-0.3, -0.25) is 20.4 Å². The van der Waals surface area contributed by atoms with E-state index in [2.05, 4.69) is 10.9 Å². The van der Waals surface area contributed by atoms with Crippen LogP contribution in [0.25, 0.3) is 11.0 Å². The first-order valence-corrected chi connectivity index (χ1v) is 9.65. The molecular weight excluding hydrogens is 375 g/mol. The van der Waals surface area contributed by atoms with Gasteiger partial charge in [0.25, 0.3) is 5.91 Å². The number of halogens is 1. The molecule has 0 saturated carbocycles. The van der Waals surface area contributed by atoms with Gasteiger partial charge in [0.2, 0.25) is 0 Å². The van der Waals surface area contributed by atoms with Crippen LogP contribution in [-0.2, 0) is 9.84 Å². The van der Waals surface area contributed by atoms with Gasteiger partial charge in [-0.15, -0.1) is 0 Å². The van der Waals surface area contributed by atoms with Crippen LogP contribution < -0.4 is 10.9 Å². The van der Waals surface area contributed by atoms with Crippen LogP contribution in [0.15, 0.2) is 51.8 Å². The van der Waals surface area contributed by atoms with Crippen LogP contribution in [0.5, 0.6) is 0 Å². The fourth-order valence-electron chi connectivity index (χ4n) is 2.51. The van der Waals surface area contributed by atoms with Crippen LogP contribution in [0.4, 0.5) is 4.39 Å². The average molecular weight is 390 g/mol. The molecule has 3 aromatic rings. The molecule has 1 heterocycles. The number of hydrazine groups is 1. The van der Waals surface area contributed by atoms with Crippen molar-refractivity contribution in [3.05, 3.63) is 65.2 Å². The van der Waals surface area contributed by atoms with Crippen LogP contribution in [-0.4, -0.2) is 26.5 Å². The molecule has 2 N–H and O–H groups in total. The lowest BCUT2D eigenvalue weighted by molar-refractivity contribution is 0.0831. The van der Waals surface area contributed by atoms with Gasteiger partial charge < -0.3 is 4.42 Å². The Hall–Kier alpha value is -3.20. The largest absolute Gasteiger partial charge is 0.451 e. The summed E-state index contributed by atoms with van der Waals surface area (Å²) in [4.78, 5) is 24.4. The third kappa shape index (κ3) is 3.82. The van der Waals surface area contributed by atoms with E-state index in [0.717, 1.165) is 6.26 Å². The number of furan rings is 1. The average Bonchev–Trinajstić information content (AvgIpc) is 2.95. The van der Waals surface area contributed by atoms with Crippen molar-refractivity contribution < 1.29 is 26.8 Å². The Morgan fingerprint density at radius 2 is 1.63 bits per heavy atom. The zero-order chi connectivity index (χ0) is 19.8. The van der Waals surface area contributed by atoms with E-state index in [4.69, 9.17) is 4.42 Å².